The molecule has 7 heteroatoms. The van der Waals surface area contributed by atoms with Gasteiger partial charge < -0.3 is 15.8 Å². The lowest BCUT2D eigenvalue weighted by Crippen LogP contribution is -2.37. The fourth-order valence-electron chi connectivity index (χ4n) is 0.894. The Hall–Kier alpha value is -1.57. The van der Waals surface area contributed by atoms with E-state index in [2.05, 4.69) is 15.2 Å². The first-order valence-electron chi connectivity index (χ1n) is 4.26. The summed E-state index contributed by atoms with van der Waals surface area (Å²) in [5.74, 6) is -0.0630. The first-order valence-corrected chi connectivity index (χ1v) is 4.26. The topological polar surface area (TPSA) is 100 Å². The molecule has 0 aliphatic carbocycles. The van der Waals surface area contributed by atoms with Gasteiger partial charge in [0.25, 0.3) is 0 Å². The van der Waals surface area contributed by atoms with E-state index in [4.69, 9.17) is 15.8 Å². The predicted molar refractivity (Wildman–Crippen MR) is 56.9 cm³/mol. The quantitative estimate of drug-likeness (QED) is 0.231. The summed E-state index contributed by atoms with van der Waals surface area (Å²) in [5.41, 5.74) is 9.21. The third kappa shape index (κ3) is 4.45. The van der Waals surface area contributed by atoms with Gasteiger partial charge in [0.1, 0.15) is 0 Å². The highest BCUT2D eigenvalue weighted by atomic mass is 16.7. The molecule has 5 N–H and O–H groups in total. The molecule has 0 saturated heterocycles. The van der Waals surface area contributed by atoms with E-state index in [-0.39, 0.29) is 5.96 Å². The molecule has 0 aliphatic heterocycles. The molecule has 0 bridgehead atoms. The summed E-state index contributed by atoms with van der Waals surface area (Å²) >= 11 is 0. The lowest BCUT2D eigenvalue weighted by atomic mass is 10.2. The van der Waals surface area contributed by atoms with Gasteiger partial charge >= 0.3 is 7.32 Å². The molecule has 0 radical (unpaired) electrons. The Morgan fingerprint density at radius 3 is 2.53 bits per heavy atom. The Balaban J connectivity index is 2.58. The Kier molecular flexibility index (Phi) is 4.10. The standard InChI is InChI=1S/C8H12BN3O3/c1-6-2-4-7(5-3-6)11-8(10)12-15-9(13)14/h2-5,13-14H,1H3,(H3,10,11,12). The van der Waals surface area contributed by atoms with Crippen molar-refractivity contribution in [1.82, 2.24) is 5.48 Å². The minimum Gasteiger partial charge on any atom is -0.400 e. The lowest BCUT2D eigenvalue weighted by Gasteiger charge is -2.04. The van der Waals surface area contributed by atoms with Crippen LogP contribution in [0.4, 0.5) is 5.69 Å². The second-order valence-electron chi connectivity index (χ2n) is 2.88. The Labute approximate surface area is 87.5 Å². The van der Waals surface area contributed by atoms with Crippen LogP contribution in [-0.2, 0) is 4.76 Å². The average Bonchev–Trinajstić information content (AvgIpc) is 2.19. The number of aryl methyl sites for hydroxylation is 1. The van der Waals surface area contributed by atoms with Gasteiger partial charge in [0.15, 0.2) is 0 Å². The van der Waals surface area contributed by atoms with Crippen LogP contribution in [0.5, 0.6) is 0 Å². The van der Waals surface area contributed by atoms with Crippen LogP contribution in [0, 0.1) is 6.92 Å². The summed E-state index contributed by atoms with van der Waals surface area (Å²) < 4.78 is 4.20. The van der Waals surface area contributed by atoms with Crippen LogP contribution in [0.3, 0.4) is 0 Å². The Morgan fingerprint density at radius 2 is 2.00 bits per heavy atom. The zero-order chi connectivity index (χ0) is 11.3. The normalized spacial score (nSPS) is 11.3. The molecule has 0 unspecified atom stereocenters. The molecule has 0 aliphatic rings. The molecule has 0 amide bonds. The number of rotatable bonds is 3. The predicted octanol–water partition coefficient (Wildman–Crippen LogP) is -0.568. The summed E-state index contributed by atoms with van der Waals surface area (Å²) in [6, 6.07) is 7.32. The summed E-state index contributed by atoms with van der Waals surface area (Å²) in [4.78, 5) is 3.91. The van der Waals surface area contributed by atoms with Crippen molar-refractivity contribution in [1.29, 1.82) is 0 Å². The Bertz CT molecular complexity index is 339. The number of nitrogens with two attached hydrogens (primary N) is 1. The van der Waals surface area contributed by atoms with E-state index in [1.54, 1.807) is 12.1 Å². The fraction of sp³-hybridized carbons (Fsp3) is 0.125. The summed E-state index contributed by atoms with van der Waals surface area (Å²) in [5, 5.41) is 16.7. The minimum atomic E-state index is -1.93. The third-order valence-corrected chi connectivity index (χ3v) is 1.55. The van der Waals surface area contributed by atoms with Gasteiger partial charge in [-0.3, -0.25) is 4.76 Å². The van der Waals surface area contributed by atoms with E-state index in [9.17, 15) is 0 Å². The number of nitrogens with one attached hydrogen (secondary N) is 1. The molecule has 6 nitrogen and oxygen atoms in total. The zero-order valence-electron chi connectivity index (χ0n) is 8.21. The maximum absolute atomic E-state index is 8.36. The lowest BCUT2D eigenvalue weighted by molar-refractivity contribution is 0.148. The molecule has 0 heterocycles. The molecule has 1 rings (SSSR count). The summed E-state index contributed by atoms with van der Waals surface area (Å²) in [7, 11) is -1.93. The maximum atomic E-state index is 8.36. The third-order valence-electron chi connectivity index (χ3n) is 1.55. The van der Waals surface area contributed by atoms with Crippen molar-refractivity contribution >= 4 is 19.0 Å². The van der Waals surface area contributed by atoms with Crippen molar-refractivity contribution in [2.75, 3.05) is 0 Å². The average molecular weight is 209 g/mol. The van der Waals surface area contributed by atoms with Crippen molar-refractivity contribution in [2.24, 2.45) is 10.7 Å². The number of aliphatic imine (C=N–C) groups is 1. The largest absolute Gasteiger partial charge is 0.656 e. The van der Waals surface area contributed by atoms with E-state index in [0.29, 0.717) is 5.69 Å². The molecule has 0 fully saturated rings. The van der Waals surface area contributed by atoms with Gasteiger partial charge in [-0.2, -0.15) is 0 Å². The van der Waals surface area contributed by atoms with E-state index in [1.165, 1.54) is 0 Å². The highest BCUT2D eigenvalue weighted by Crippen LogP contribution is 2.11. The number of hydrogen-bond donors (Lipinski definition) is 4. The van der Waals surface area contributed by atoms with Gasteiger partial charge in [-0.05, 0) is 19.1 Å². The van der Waals surface area contributed by atoms with Crippen molar-refractivity contribution in [2.45, 2.75) is 6.92 Å². The van der Waals surface area contributed by atoms with Gasteiger partial charge in [0, 0.05) is 0 Å². The van der Waals surface area contributed by atoms with E-state index in [0.717, 1.165) is 5.56 Å². The second kappa shape index (κ2) is 5.35. The molecule has 1 aromatic carbocycles. The number of guanidine groups is 1. The van der Waals surface area contributed by atoms with Gasteiger partial charge in [-0.25, -0.2) is 10.5 Å². The second-order valence-corrected chi connectivity index (χ2v) is 2.88. The number of hydroxylamine groups is 1. The van der Waals surface area contributed by atoms with Crippen molar-refractivity contribution in [3.05, 3.63) is 29.8 Å². The van der Waals surface area contributed by atoms with Crippen LogP contribution in [0.1, 0.15) is 5.56 Å². The van der Waals surface area contributed by atoms with E-state index >= 15 is 0 Å². The minimum absolute atomic E-state index is 0.0630. The highest BCUT2D eigenvalue weighted by Gasteiger charge is 2.08. The Morgan fingerprint density at radius 1 is 1.40 bits per heavy atom. The van der Waals surface area contributed by atoms with Crippen molar-refractivity contribution in [3.8, 4) is 0 Å². The molecular formula is C8H12BN3O3. The first-order chi connectivity index (χ1) is 7.08. The molecule has 15 heavy (non-hydrogen) atoms. The van der Waals surface area contributed by atoms with Crippen molar-refractivity contribution in [3.63, 3.8) is 0 Å². The van der Waals surface area contributed by atoms with Gasteiger partial charge in [0.05, 0.1) is 5.69 Å². The molecule has 0 atom stereocenters. The van der Waals surface area contributed by atoms with Gasteiger partial charge in [0.2, 0.25) is 5.96 Å². The molecule has 1 aromatic rings. The van der Waals surface area contributed by atoms with E-state index in [1.807, 2.05) is 19.1 Å². The SMILES string of the molecule is Cc1ccc(N=C(N)NOB(O)O)cc1. The first kappa shape index (κ1) is 11.5. The van der Waals surface area contributed by atoms with Crippen LogP contribution >= 0.6 is 0 Å². The molecular weight excluding hydrogens is 197 g/mol. The van der Waals surface area contributed by atoms with Gasteiger partial charge in [-0.1, -0.05) is 17.7 Å². The van der Waals surface area contributed by atoms with Crippen LogP contribution in [0.15, 0.2) is 29.3 Å². The summed E-state index contributed by atoms with van der Waals surface area (Å²) in [6.45, 7) is 1.96. The van der Waals surface area contributed by atoms with Crippen LogP contribution in [0.2, 0.25) is 0 Å². The van der Waals surface area contributed by atoms with Gasteiger partial charge in [-0.15, -0.1) is 0 Å². The molecule has 80 valence electrons. The fourth-order valence-corrected chi connectivity index (χ4v) is 0.894. The molecule has 0 aromatic heterocycles. The zero-order valence-corrected chi connectivity index (χ0v) is 8.21. The smallest absolute Gasteiger partial charge is 0.400 e. The number of nitrogens with zero attached hydrogens (tertiary/aromatic N) is 1. The van der Waals surface area contributed by atoms with Crippen molar-refractivity contribution < 1.29 is 14.8 Å². The van der Waals surface area contributed by atoms with E-state index < -0.39 is 7.32 Å². The van der Waals surface area contributed by atoms with Crippen LogP contribution in [0.25, 0.3) is 0 Å². The number of benzene rings is 1. The highest BCUT2D eigenvalue weighted by molar-refractivity contribution is 6.32. The monoisotopic (exact) mass is 209 g/mol. The maximum Gasteiger partial charge on any atom is 0.656 e. The number of hydrogen-bond acceptors (Lipinski definition) is 4. The molecule has 0 saturated carbocycles. The van der Waals surface area contributed by atoms with Crippen LogP contribution < -0.4 is 11.2 Å². The summed E-state index contributed by atoms with van der Waals surface area (Å²) in [6.07, 6.45) is 0. The molecule has 0 spiro atoms. The van der Waals surface area contributed by atoms with Crippen LogP contribution in [-0.4, -0.2) is 23.3 Å².